The lowest BCUT2D eigenvalue weighted by molar-refractivity contribution is 0.0601. The zero-order chi connectivity index (χ0) is 15.1. The first-order valence-electron chi connectivity index (χ1n) is 6.44. The number of esters is 1. The smallest absolute Gasteiger partial charge is 0.340 e. The molecule has 0 saturated heterocycles. The highest BCUT2D eigenvalue weighted by Gasteiger charge is 2.15. The molecule has 1 rings (SSSR count). The van der Waals surface area contributed by atoms with Crippen molar-refractivity contribution in [2.75, 3.05) is 37.9 Å². The standard InChI is InChI=1S/C14H21ClN2O3/c1-9(2)8-20-5-4-17-13-11(14(18)19-3)6-10(16)7-12(13)15/h6-7,9,17H,4-5,8,16H2,1-3H3. The summed E-state index contributed by atoms with van der Waals surface area (Å²) in [5.41, 5.74) is 6.94. The largest absolute Gasteiger partial charge is 0.465 e. The summed E-state index contributed by atoms with van der Waals surface area (Å²) >= 11 is 6.11. The third-order valence-electron chi connectivity index (χ3n) is 2.52. The molecule has 0 fully saturated rings. The van der Waals surface area contributed by atoms with Crippen molar-refractivity contribution in [1.82, 2.24) is 0 Å². The summed E-state index contributed by atoms with van der Waals surface area (Å²) in [4.78, 5) is 11.7. The summed E-state index contributed by atoms with van der Waals surface area (Å²) in [6.07, 6.45) is 0. The Morgan fingerprint density at radius 1 is 1.45 bits per heavy atom. The van der Waals surface area contributed by atoms with Crippen LogP contribution in [0, 0.1) is 5.92 Å². The lowest BCUT2D eigenvalue weighted by atomic mass is 10.1. The molecule has 0 heterocycles. The molecule has 0 spiro atoms. The van der Waals surface area contributed by atoms with Crippen LogP contribution in [0.5, 0.6) is 0 Å². The van der Waals surface area contributed by atoms with Crippen LogP contribution in [-0.4, -0.2) is 32.8 Å². The van der Waals surface area contributed by atoms with Crippen molar-refractivity contribution in [3.63, 3.8) is 0 Å². The molecule has 0 aliphatic rings. The maximum absolute atomic E-state index is 11.7. The van der Waals surface area contributed by atoms with Crippen molar-refractivity contribution >= 4 is 28.9 Å². The Kier molecular flexibility index (Phi) is 6.61. The van der Waals surface area contributed by atoms with Crippen molar-refractivity contribution in [2.24, 2.45) is 5.92 Å². The van der Waals surface area contributed by atoms with Crippen molar-refractivity contribution in [1.29, 1.82) is 0 Å². The van der Waals surface area contributed by atoms with Crippen molar-refractivity contribution in [3.8, 4) is 0 Å². The molecular formula is C14H21ClN2O3. The van der Waals surface area contributed by atoms with Gasteiger partial charge >= 0.3 is 5.97 Å². The summed E-state index contributed by atoms with van der Waals surface area (Å²) in [5, 5.41) is 3.47. The van der Waals surface area contributed by atoms with Gasteiger partial charge in [-0.2, -0.15) is 0 Å². The summed E-state index contributed by atoms with van der Waals surface area (Å²) in [6, 6.07) is 3.13. The van der Waals surface area contributed by atoms with Crippen LogP contribution < -0.4 is 11.1 Å². The third-order valence-corrected chi connectivity index (χ3v) is 2.82. The summed E-state index contributed by atoms with van der Waals surface area (Å²) < 4.78 is 10.2. The molecule has 0 radical (unpaired) electrons. The molecule has 1 aromatic carbocycles. The molecule has 0 bridgehead atoms. The van der Waals surface area contributed by atoms with E-state index in [9.17, 15) is 4.79 Å². The number of methoxy groups -OCH3 is 1. The predicted octanol–water partition coefficient (Wildman–Crippen LogP) is 2.79. The maximum atomic E-state index is 11.7. The van der Waals surface area contributed by atoms with Crippen LogP contribution >= 0.6 is 11.6 Å². The van der Waals surface area contributed by atoms with Crippen molar-refractivity contribution < 1.29 is 14.3 Å². The van der Waals surface area contributed by atoms with Gasteiger partial charge in [0, 0.05) is 18.8 Å². The van der Waals surface area contributed by atoms with E-state index >= 15 is 0 Å². The molecular weight excluding hydrogens is 280 g/mol. The van der Waals surface area contributed by atoms with E-state index in [1.165, 1.54) is 13.2 Å². The average Bonchev–Trinajstić information content (AvgIpc) is 2.38. The van der Waals surface area contributed by atoms with E-state index in [-0.39, 0.29) is 0 Å². The number of carbonyl (C=O) groups excluding carboxylic acids is 1. The Balaban J connectivity index is 2.70. The lowest BCUT2D eigenvalue weighted by Gasteiger charge is -2.14. The SMILES string of the molecule is COC(=O)c1cc(N)cc(Cl)c1NCCOCC(C)C. The molecule has 0 saturated carbocycles. The number of halogens is 1. The van der Waals surface area contributed by atoms with Gasteiger partial charge in [-0.25, -0.2) is 4.79 Å². The van der Waals surface area contributed by atoms with Gasteiger partial charge in [0.05, 0.1) is 30.0 Å². The maximum Gasteiger partial charge on any atom is 0.340 e. The van der Waals surface area contributed by atoms with Gasteiger partial charge in [0.25, 0.3) is 0 Å². The molecule has 0 atom stereocenters. The molecule has 20 heavy (non-hydrogen) atoms. The van der Waals surface area contributed by atoms with E-state index in [0.29, 0.717) is 47.6 Å². The first-order valence-corrected chi connectivity index (χ1v) is 6.82. The topological polar surface area (TPSA) is 73.6 Å². The number of ether oxygens (including phenoxy) is 2. The van der Waals surface area contributed by atoms with E-state index in [1.807, 2.05) is 0 Å². The van der Waals surface area contributed by atoms with Crippen molar-refractivity contribution in [2.45, 2.75) is 13.8 Å². The van der Waals surface area contributed by atoms with Crippen molar-refractivity contribution in [3.05, 3.63) is 22.7 Å². The first-order chi connectivity index (χ1) is 9.45. The van der Waals surface area contributed by atoms with Gasteiger partial charge in [0.2, 0.25) is 0 Å². The molecule has 5 nitrogen and oxygen atoms in total. The summed E-state index contributed by atoms with van der Waals surface area (Å²) in [7, 11) is 1.31. The first kappa shape index (κ1) is 16.6. The molecule has 0 aliphatic heterocycles. The fourth-order valence-electron chi connectivity index (χ4n) is 1.65. The molecule has 0 amide bonds. The molecule has 0 unspecified atom stereocenters. The molecule has 0 aliphatic carbocycles. The number of rotatable bonds is 7. The monoisotopic (exact) mass is 300 g/mol. The van der Waals surface area contributed by atoms with E-state index in [4.69, 9.17) is 26.8 Å². The third kappa shape index (κ3) is 4.90. The predicted molar refractivity (Wildman–Crippen MR) is 81.4 cm³/mol. The Labute approximate surface area is 124 Å². The van der Waals surface area contributed by atoms with Crippen LogP contribution in [0.25, 0.3) is 0 Å². The van der Waals surface area contributed by atoms with Gasteiger partial charge < -0.3 is 20.5 Å². The minimum atomic E-state index is -0.482. The van der Waals surface area contributed by atoms with Gasteiger partial charge in [0.1, 0.15) is 0 Å². The molecule has 1 aromatic rings. The molecule has 0 aromatic heterocycles. The van der Waals surface area contributed by atoms with Crippen LogP contribution in [0.15, 0.2) is 12.1 Å². The van der Waals surface area contributed by atoms with E-state index in [1.54, 1.807) is 6.07 Å². The van der Waals surface area contributed by atoms with Crippen LogP contribution in [0.1, 0.15) is 24.2 Å². The fourth-order valence-corrected chi connectivity index (χ4v) is 1.94. The van der Waals surface area contributed by atoms with E-state index in [0.717, 1.165) is 0 Å². The highest BCUT2D eigenvalue weighted by Crippen LogP contribution is 2.29. The normalized spacial score (nSPS) is 10.7. The Morgan fingerprint density at radius 2 is 2.15 bits per heavy atom. The molecule has 6 heteroatoms. The number of anilines is 2. The number of hydrogen-bond acceptors (Lipinski definition) is 5. The number of carbonyl (C=O) groups is 1. The zero-order valence-electron chi connectivity index (χ0n) is 12.0. The molecule has 3 N–H and O–H groups in total. The quantitative estimate of drug-likeness (QED) is 0.460. The van der Waals surface area contributed by atoms with Crippen LogP contribution in [0.4, 0.5) is 11.4 Å². The van der Waals surface area contributed by atoms with E-state index in [2.05, 4.69) is 19.2 Å². The molecule has 112 valence electrons. The highest BCUT2D eigenvalue weighted by molar-refractivity contribution is 6.34. The van der Waals surface area contributed by atoms with Crippen LogP contribution in [-0.2, 0) is 9.47 Å². The zero-order valence-corrected chi connectivity index (χ0v) is 12.8. The second kappa shape index (κ2) is 7.97. The number of benzene rings is 1. The number of nitrogens with one attached hydrogen (secondary N) is 1. The van der Waals surface area contributed by atoms with Gasteiger partial charge in [-0.1, -0.05) is 25.4 Å². The second-order valence-electron chi connectivity index (χ2n) is 4.81. The minimum Gasteiger partial charge on any atom is -0.465 e. The average molecular weight is 301 g/mol. The van der Waals surface area contributed by atoms with Gasteiger partial charge in [0.15, 0.2) is 0 Å². The Hall–Kier alpha value is -1.46. The fraction of sp³-hybridized carbons (Fsp3) is 0.500. The Bertz CT molecular complexity index is 464. The number of hydrogen-bond donors (Lipinski definition) is 2. The van der Waals surface area contributed by atoms with Crippen LogP contribution in [0.2, 0.25) is 5.02 Å². The minimum absolute atomic E-state index is 0.321. The van der Waals surface area contributed by atoms with E-state index < -0.39 is 5.97 Å². The summed E-state index contributed by atoms with van der Waals surface area (Å²) in [5.74, 6) is 0.00513. The van der Waals surface area contributed by atoms with Gasteiger partial charge in [-0.15, -0.1) is 0 Å². The highest BCUT2D eigenvalue weighted by atomic mass is 35.5. The summed E-state index contributed by atoms with van der Waals surface area (Å²) in [6.45, 7) is 5.93. The second-order valence-corrected chi connectivity index (χ2v) is 5.22. The number of nitrogen functional groups attached to an aromatic ring is 1. The van der Waals surface area contributed by atoms with Gasteiger partial charge in [-0.05, 0) is 18.1 Å². The Morgan fingerprint density at radius 3 is 2.75 bits per heavy atom. The number of nitrogens with two attached hydrogens (primary N) is 1. The lowest BCUT2D eigenvalue weighted by Crippen LogP contribution is -2.15. The van der Waals surface area contributed by atoms with Gasteiger partial charge in [-0.3, -0.25) is 0 Å². The van der Waals surface area contributed by atoms with Crippen LogP contribution in [0.3, 0.4) is 0 Å².